The fourth-order valence-corrected chi connectivity index (χ4v) is 6.25. The largest absolute Gasteiger partial charge is 0.456 e. The molecule has 10 rings (SSSR count). The SMILES string of the molecule is [2H]c1c([2H])c(-c2c([2H])c([2H])c([2H])c3c([2H])c([2H])c([2H])c([2H])c23)c([2H])c(-c2c3c([2H])c([2H])c([2H])c([2H])c3c(-c3c([2H])c(C)c4oc5c([2H])c6c(C)c([2H])c([2H])c([2H])c6c([2H])c5c4c3[2H])c3c([2H])c([2H])c([2H])c([2H])c23)c1[2H]. The number of rotatable bonds is 3. The maximum absolute atomic E-state index is 9.96. The Morgan fingerprint density at radius 1 is 0.388 bits per heavy atom. The van der Waals surface area contributed by atoms with Gasteiger partial charge in [0.15, 0.2) is 0 Å². The quantitative estimate of drug-likeness (QED) is 0.173. The number of furan rings is 1. The third kappa shape index (κ3) is 4.26. The topological polar surface area (TPSA) is 13.1 Å². The molecule has 0 N–H and O–H groups in total. The fourth-order valence-electron chi connectivity index (χ4n) is 6.25. The summed E-state index contributed by atoms with van der Waals surface area (Å²) in [6, 6.07) is -21.6. The van der Waals surface area contributed by atoms with Crippen LogP contribution in [-0.4, -0.2) is 0 Å². The van der Waals surface area contributed by atoms with Crippen LogP contribution in [0.25, 0.3) is 98.4 Å². The molecule has 0 aliphatic heterocycles. The maximum atomic E-state index is 9.96. The molecule has 0 spiro atoms. The lowest BCUT2D eigenvalue weighted by Crippen LogP contribution is -1.92. The van der Waals surface area contributed by atoms with E-state index >= 15 is 0 Å². The summed E-state index contributed by atoms with van der Waals surface area (Å²) < 4.78 is 243. The van der Waals surface area contributed by atoms with Crippen molar-refractivity contribution < 1.29 is 40.1 Å². The van der Waals surface area contributed by atoms with Gasteiger partial charge in [0.1, 0.15) is 11.2 Å². The zero-order valence-corrected chi connectivity index (χ0v) is 25.4. The molecule has 0 saturated carbocycles. The van der Waals surface area contributed by atoms with E-state index in [1.165, 1.54) is 13.8 Å². The van der Waals surface area contributed by atoms with E-state index in [4.69, 9.17) is 25.0 Å². The van der Waals surface area contributed by atoms with Crippen LogP contribution in [-0.2, 0) is 0 Å². The van der Waals surface area contributed by atoms with Gasteiger partial charge in [-0.3, -0.25) is 0 Å². The molecule has 0 radical (unpaired) electrons. The normalized spacial score (nSPS) is 19.3. The van der Waals surface area contributed by atoms with Crippen molar-refractivity contribution in [2.24, 2.45) is 0 Å². The van der Waals surface area contributed by atoms with Crippen molar-refractivity contribution in [2.45, 2.75) is 13.8 Å². The molecule has 0 saturated heterocycles. The van der Waals surface area contributed by atoms with Gasteiger partial charge in [0.25, 0.3) is 0 Å². The molecule has 0 aliphatic rings. The minimum Gasteiger partial charge on any atom is -0.456 e. The Morgan fingerprint density at radius 3 is 1.73 bits per heavy atom. The number of fused-ring (bicyclic) bond motifs is 7. The first-order valence-electron chi connectivity index (χ1n) is 27.9. The molecule has 1 aromatic heterocycles. The molecule has 0 fully saturated rings. The highest BCUT2D eigenvalue weighted by Gasteiger charge is 2.20. The summed E-state index contributed by atoms with van der Waals surface area (Å²) >= 11 is 0. The second-order valence-corrected chi connectivity index (χ2v) is 11.3. The first-order chi connectivity index (χ1) is 35.0. The Labute approximate surface area is 321 Å². The van der Waals surface area contributed by atoms with E-state index in [0.717, 1.165) is 0 Å². The Balaban J connectivity index is 1.49. The molecule has 0 bridgehead atoms. The van der Waals surface area contributed by atoms with Crippen LogP contribution in [0, 0.1) is 13.8 Å². The predicted molar refractivity (Wildman–Crippen MR) is 210 cm³/mol. The van der Waals surface area contributed by atoms with Crippen LogP contribution in [0.15, 0.2) is 162 Å². The molecule has 9 aromatic carbocycles. The second-order valence-electron chi connectivity index (χ2n) is 11.3. The Bertz CT molecular complexity index is 4350. The van der Waals surface area contributed by atoms with E-state index < -0.39 is 217 Å². The van der Waals surface area contributed by atoms with Crippen molar-refractivity contribution in [2.75, 3.05) is 0 Å². The summed E-state index contributed by atoms with van der Waals surface area (Å²) in [5.41, 5.74) is -4.82. The van der Waals surface area contributed by atoms with Crippen LogP contribution in [0.1, 0.15) is 46.8 Å². The van der Waals surface area contributed by atoms with Crippen molar-refractivity contribution in [3.05, 3.63) is 168 Å². The summed E-state index contributed by atoms with van der Waals surface area (Å²) in [5.74, 6) is 0. The van der Waals surface area contributed by atoms with Gasteiger partial charge in [-0.25, -0.2) is 0 Å². The zero-order valence-electron chi connectivity index (χ0n) is 51.4. The third-order valence-corrected chi connectivity index (χ3v) is 8.42. The molecule has 0 aliphatic carbocycles. The molecule has 10 aromatic rings. The molecule has 1 nitrogen and oxygen atoms in total. The molecule has 1 heteroatoms. The monoisotopic (exact) mass is 650 g/mol. The van der Waals surface area contributed by atoms with E-state index in [2.05, 4.69) is 0 Å². The van der Waals surface area contributed by atoms with Crippen LogP contribution in [0.4, 0.5) is 0 Å². The van der Waals surface area contributed by atoms with Crippen LogP contribution in [0.3, 0.4) is 0 Å². The second kappa shape index (κ2) is 10.7. The van der Waals surface area contributed by atoms with Gasteiger partial charge in [0.05, 0.1) is 35.6 Å². The van der Waals surface area contributed by atoms with Crippen molar-refractivity contribution >= 4 is 65.0 Å². The summed E-state index contributed by atoms with van der Waals surface area (Å²) in [7, 11) is 0. The van der Waals surface area contributed by atoms with E-state index in [1.807, 2.05) is 0 Å². The molecule has 0 unspecified atom stereocenters. The molecule has 230 valence electrons. The van der Waals surface area contributed by atoms with E-state index in [1.54, 1.807) is 0 Å². The summed E-state index contributed by atoms with van der Waals surface area (Å²) in [6.07, 6.45) is 0. The van der Waals surface area contributed by atoms with E-state index in [-0.39, 0.29) is 49.9 Å². The van der Waals surface area contributed by atoms with Crippen molar-refractivity contribution in [3.8, 4) is 33.4 Å². The number of benzene rings is 9. The predicted octanol–water partition coefficient (Wildman–Crippen LogP) is 13.8. The molecule has 0 amide bonds. The Kier molecular flexibility index (Phi) is 2.69. The maximum Gasteiger partial charge on any atom is 0.138 e. The summed E-state index contributed by atoms with van der Waals surface area (Å²) in [6.45, 7) is 2.79. The van der Waals surface area contributed by atoms with Crippen molar-refractivity contribution in [1.29, 1.82) is 0 Å². The lowest BCUT2D eigenvalue weighted by atomic mass is 9.84. The molecule has 0 atom stereocenters. The lowest BCUT2D eigenvalue weighted by Gasteiger charge is -2.18. The number of hydrogen-bond acceptors (Lipinski definition) is 1. The smallest absolute Gasteiger partial charge is 0.138 e. The average Bonchev–Trinajstić information content (AvgIpc) is 3.80. The molecular weight excluding hydrogens is 593 g/mol. The van der Waals surface area contributed by atoms with Gasteiger partial charge in [0.2, 0.25) is 0 Å². The highest BCUT2D eigenvalue weighted by Crippen LogP contribution is 2.46. The number of aryl methyl sites for hydroxylation is 2. The first kappa shape index (κ1) is 12.4. The highest BCUT2D eigenvalue weighted by atomic mass is 16.3. The van der Waals surface area contributed by atoms with Crippen LogP contribution < -0.4 is 0 Å². The van der Waals surface area contributed by atoms with Crippen molar-refractivity contribution in [3.63, 3.8) is 0 Å². The van der Waals surface area contributed by atoms with E-state index in [0.29, 0.717) is 0 Å². The van der Waals surface area contributed by atoms with Gasteiger partial charge >= 0.3 is 0 Å². The van der Waals surface area contributed by atoms with Gasteiger partial charge in [-0.15, -0.1) is 0 Å². The average molecular weight is 651 g/mol. The molecule has 49 heavy (non-hydrogen) atoms. The first-order valence-corrected chi connectivity index (χ1v) is 14.9. The highest BCUT2D eigenvalue weighted by molar-refractivity contribution is 6.22. The standard InChI is InChI=1S/C48H32O/c1-29-12-9-15-33-26-43-44-27-35(24-30(2)48(44)49-45(43)28-42(29)33)47-40-21-7-5-19-38(40)46(39-20-6-8-22-41(39)47)34-17-10-16-32(25-34)37-23-11-14-31-13-3-4-18-36(31)37/h3-28H,1-2H3/i3D,4D,5D,6D,7D,8D,9D,10D,11D,12D,13D,14D,15D,16D,17D,18D,19D,20D,21D,22D,23D,24D,25D,26D,27D,28D. The Hall–Kier alpha value is -6.18. The van der Waals surface area contributed by atoms with Gasteiger partial charge < -0.3 is 4.42 Å². The Morgan fingerprint density at radius 2 is 0.980 bits per heavy atom. The van der Waals surface area contributed by atoms with Gasteiger partial charge in [-0.1, -0.05) is 127 Å². The summed E-state index contributed by atoms with van der Waals surface area (Å²) in [4.78, 5) is 0. The van der Waals surface area contributed by atoms with Crippen LogP contribution in [0.5, 0.6) is 0 Å². The van der Waals surface area contributed by atoms with Crippen LogP contribution >= 0.6 is 0 Å². The minimum atomic E-state index is -1.05. The van der Waals surface area contributed by atoms with Gasteiger partial charge in [0, 0.05) is 10.8 Å². The minimum absolute atomic E-state index is 0.0577. The van der Waals surface area contributed by atoms with E-state index in [9.17, 15) is 15.1 Å². The molecular formula is C48H32O. The fraction of sp³-hybridized carbons (Fsp3) is 0.0417. The zero-order chi connectivity index (χ0) is 55.3. The third-order valence-electron chi connectivity index (χ3n) is 8.42. The van der Waals surface area contributed by atoms with Crippen molar-refractivity contribution in [1.82, 2.24) is 0 Å². The van der Waals surface area contributed by atoms with Crippen LogP contribution in [0.2, 0.25) is 0 Å². The van der Waals surface area contributed by atoms with Gasteiger partial charge in [-0.2, -0.15) is 0 Å². The molecule has 1 heterocycles. The summed E-state index contributed by atoms with van der Waals surface area (Å²) in [5, 5.41) is -4.76. The van der Waals surface area contributed by atoms with Gasteiger partial charge in [-0.05, 0) is 132 Å². The lowest BCUT2D eigenvalue weighted by molar-refractivity contribution is 0.666. The number of hydrogen-bond donors (Lipinski definition) is 0.